The van der Waals surface area contributed by atoms with E-state index in [1.165, 1.54) is 4.41 Å². The molecule has 1 aliphatic rings. The second-order valence-corrected chi connectivity index (χ2v) is 5.26. The molecule has 1 fully saturated rings. The predicted molar refractivity (Wildman–Crippen MR) is 48.0 cm³/mol. The molecule has 72 valence electrons. The molecule has 1 atom stereocenters. The number of nitrogens with zero attached hydrogens (tertiary/aromatic N) is 1. The van der Waals surface area contributed by atoms with Gasteiger partial charge in [0, 0.05) is 13.1 Å². The lowest BCUT2D eigenvalue weighted by Gasteiger charge is -2.30. The van der Waals surface area contributed by atoms with Crippen LogP contribution in [0.5, 0.6) is 0 Å². The first-order valence-corrected chi connectivity index (χ1v) is 5.91. The van der Waals surface area contributed by atoms with E-state index in [0.29, 0.717) is 6.54 Å². The van der Waals surface area contributed by atoms with Crippen molar-refractivity contribution >= 4 is 10.0 Å². The summed E-state index contributed by atoms with van der Waals surface area (Å²) in [5.74, 6) is 0.503. The molecule has 1 N–H and O–H groups in total. The Balaban J connectivity index is 2.65. The van der Waals surface area contributed by atoms with Gasteiger partial charge in [-0.3, -0.25) is 0 Å². The molecule has 0 aromatic heterocycles. The van der Waals surface area contributed by atoms with Gasteiger partial charge in [-0.2, -0.15) is 0 Å². The van der Waals surface area contributed by atoms with Crippen molar-refractivity contribution in [3.8, 4) is 0 Å². The summed E-state index contributed by atoms with van der Waals surface area (Å²) in [6.07, 6.45) is 0.848. The van der Waals surface area contributed by atoms with E-state index >= 15 is 0 Å². The molecule has 0 aliphatic carbocycles. The highest BCUT2D eigenvalue weighted by molar-refractivity contribution is 7.89. The van der Waals surface area contributed by atoms with Gasteiger partial charge in [-0.25, -0.2) is 13.8 Å². The second kappa shape index (κ2) is 3.72. The summed E-state index contributed by atoms with van der Waals surface area (Å²) in [5.41, 5.74) is 2.91. The smallest absolute Gasteiger partial charge is 0.227 e. The average molecular weight is 192 g/mol. The van der Waals surface area contributed by atoms with Gasteiger partial charge >= 0.3 is 0 Å². The van der Waals surface area contributed by atoms with E-state index in [4.69, 9.17) is 0 Å². The lowest BCUT2D eigenvalue weighted by molar-refractivity contribution is 0.274. The normalized spacial score (nSPS) is 30.3. The van der Waals surface area contributed by atoms with E-state index in [0.717, 1.165) is 13.0 Å². The third-order valence-corrected chi connectivity index (χ3v) is 3.85. The standard InChI is InChI=1S/C7H16N2O2S/c1-3-4-9-8-5-7(2)6-12(9,10)11/h7-8H,3-6H2,1-2H3. The summed E-state index contributed by atoms with van der Waals surface area (Å²) in [4.78, 5) is 0. The lowest BCUT2D eigenvalue weighted by atomic mass is 10.2. The first-order chi connectivity index (χ1) is 5.56. The number of nitrogens with one attached hydrogen (secondary N) is 1. The third kappa shape index (κ3) is 2.18. The Kier molecular flexibility index (Phi) is 3.09. The minimum absolute atomic E-state index is 0.225. The third-order valence-electron chi connectivity index (χ3n) is 1.87. The van der Waals surface area contributed by atoms with E-state index in [1.54, 1.807) is 0 Å². The molecule has 12 heavy (non-hydrogen) atoms. The Hall–Kier alpha value is -0.130. The van der Waals surface area contributed by atoms with E-state index in [9.17, 15) is 8.42 Å². The maximum atomic E-state index is 11.4. The van der Waals surface area contributed by atoms with Crippen LogP contribution in [0.15, 0.2) is 0 Å². The Morgan fingerprint density at radius 3 is 2.75 bits per heavy atom. The lowest BCUT2D eigenvalue weighted by Crippen LogP contribution is -2.52. The Bertz CT molecular complexity index is 238. The van der Waals surface area contributed by atoms with Crippen molar-refractivity contribution in [1.82, 2.24) is 9.84 Å². The van der Waals surface area contributed by atoms with Crippen LogP contribution in [-0.4, -0.2) is 31.7 Å². The maximum Gasteiger partial charge on any atom is 0.227 e. The highest BCUT2D eigenvalue weighted by Crippen LogP contribution is 2.10. The summed E-state index contributed by atoms with van der Waals surface area (Å²) < 4.78 is 24.3. The van der Waals surface area contributed by atoms with Crippen molar-refractivity contribution in [3.63, 3.8) is 0 Å². The van der Waals surface area contributed by atoms with Crippen LogP contribution < -0.4 is 5.43 Å². The second-order valence-electron chi connectivity index (χ2n) is 3.32. The van der Waals surface area contributed by atoms with Gasteiger partial charge in [0.15, 0.2) is 0 Å². The molecule has 1 heterocycles. The molecule has 0 aromatic rings. The van der Waals surface area contributed by atoms with Crippen molar-refractivity contribution in [2.45, 2.75) is 20.3 Å². The van der Waals surface area contributed by atoms with Crippen LogP contribution >= 0.6 is 0 Å². The van der Waals surface area contributed by atoms with Gasteiger partial charge in [-0.1, -0.05) is 13.8 Å². The van der Waals surface area contributed by atoms with Crippen LogP contribution in [0.2, 0.25) is 0 Å². The molecule has 0 radical (unpaired) electrons. The SMILES string of the molecule is CCCN1NCC(C)CS1(=O)=O. The fraction of sp³-hybridized carbons (Fsp3) is 1.00. The van der Waals surface area contributed by atoms with Crippen LogP contribution in [-0.2, 0) is 10.0 Å². The van der Waals surface area contributed by atoms with Crippen molar-refractivity contribution < 1.29 is 8.42 Å². The minimum atomic E-state index is -3.01. The van der Waals surface area contributed by atoms with Gasteiger partial charge in [0.1, 0.15) is 0 Å². The van der Waals surface area contributed by atoms with Gasteiger partial charge in [-0.15, -0.1) is 4.41 Å². The molecule has 0 aromatic carbocycles. The molecule has 0 amide bonds. The molecule has 1 rings (SSSR count). The Morgan fingerprint density at radius 2 is 2.25 bits per heavy atom. The van der Waals surface area contributed by atoms with Crippen LogP contribution in [0.25, 0.3) is 0 Å². The fourth-order valence-corrected chi connectivity index (χ4v) is 3.03. The number of rotatable bonds is 2. The minimum Gasteiger partial charge on any atom is -0.241 e. The molecular formula is C7H16N2O2S. The molecule has 0 saturated carbocycles. The number of hydrazine groups is 1. The summed E-state index contributed by atoms with van der Waals surface area (Å²) in [6.45, 7) is 5.25. The van der Waals surface area contributed by atoms with Crippen molar-refractivity contribution in [2.75, 3.05) is 18.8 Å². The van der Waals surface area contributed by atoms with Crippen LogP contribution in [0.3, 0.4) is 0 Å². The summed E-state index contributed by atoms with van der Waals surface area (Å²) >= 11 is 0. The Morgan fingerprint density at radius 1 is 1.58 bits per heavy atom. The quantitative estimate of drug-likeness (QED) is 0.679. The van der Waals surface area contributed by atoms with Crippen molar-refractivity contribution in [3.05, 3.63) is 0 Å². The first-order valence-electron chi connectivity index (χ1n) is 4.30. The number of hydrogen-bond acceptors (Lipinski definition) is 3. The van der Waals surface area contributed by atoms with Crippen LogP contribution in [0.4, 0.5) is 0 Å². The van der Waals surface area contributed by atoms with Crippen LogP contribution in [0.1, 0.15) is 20.3 Å². The zero-order chi connectivity index (χ0) is 9.19. The zero-order valence-electron chi connectivity index (χ0n) is 7.58. The van der Waals surface area contributed by atoms with E-state index in [-0.39, 0.29) is 11.7 Å². The molecule has 0 bridgehead atoms. The van der Waals surface area contributed by atoms with E-state index in [2.05, 4.69) is 5.43 Å². The van der Waals surface area contributed by atoms with Gasteiger partial charge < -0.3 is 0 Å². The number of hydrogen-bond donors (Lipinski definition) is 1. The zero-order valence-corrected chi connectivity index (χ0v) is 8.39. The average Bonchev–Trinajstić information content (AvgIpc) is 1.94. The van der Waals surface area contributed by atoms with Crippen molar-refractivity contribution in [2.24, 2.45) is 5.92 Å². The summed E-state index contributed by atoms with van der Waals surface area (Å²) in [5, 5.41) is 0. The first kappa shape index (κ1) is 9.95. The van der Waals surface area contributed by atoms with E-state index < -0.39 is 10.0 Å². The maximum absolute atomic E-state index is 11.4. The van der Waals surface area contributed by atoms with Gasteiger partial charge in [0.2, 0.25) is 10.0 Å². The number of sulfonamides is 1. The largest absolute Gasteiger partial charge is 0.241 e. The molecule has 5 heteroatoms. The van der Waals surface area contributed by atoms with Gasteiger partial charge in [-0.05, 0) is 12.3 Å². The summed E-state index contributed by atoms with van der Waals surface area (Å²) in [6, 6.07) is 0. The Labute approximate surface area is 74.0 Å². The fourth-order valence-electron chi connectivity index (χ4n) is 1.29. The summed E-state index contributed by atoms with van der Waals surface area (Å²) in [7, 11) is -3.01. The van der Waals surface area contributed by atoms with Crippen molar-refractivity contribution in [1.29, 1.82) is 0 Å². The monoisotopic (exact) mass is 192 g/mol. The van der Waals surface area contributed by atoms with E-state index in [1.807, 2.05) is 13.8 Å². The van der Waals surface area contributed by atoms with Crippen LogP contribution in [0, 0.1) is 5.92 Å². The molecule has 4 nitrogen and oxygen atoms in total. The molecule has 1 unspecified atom stereocenters. The molecule has 0 spiro atoms. The highest BCUT2D eigenvalue weighted by Gasteiger charge is 2.28. The molecular weight excluding hydrogens is 176 g/mol. The molecule has 1 saturated heterocycles. The predicted octanol–water partition coefficient (Wildman–Crippen LogP) is 0.182. The van der Waals surface area contributed by atoms with Gasteiger partial charge in [0.05, 0.1) is 5.75 Å². The van der Waals surface area contributed by atoms with Gasteiger partial charge in [0.25, 0.3) is 0 Å². The highest BCUT2D eigenvalue weighted by atomic mass is 32.2. The molecule has 1 aliphatic heterocycles. The topological polar surface area (TPSA) is 49.4 Å².